The van der Waals surface area contributed by atoms with E-state index in [2.05, 4.69) is 70.0 Å². The molecule has 1 aromatic carbocycles. The summed E-state index contributed by atoms with van der Waals surface area (Å²) in [6, 6.07) is 6.94. The van der Waals surface area contributed by atoms with E-state index in [0.717, 1.165) is 24.7 Å². The van der Waals surface area contributed by atoms with Crippen molar-refractivity contribution in [3.05, 3.63) is 28.8 Å². The van der Waals surface area contributed by atoms with Crippen LogP contribution in [-0.4, -0.2) is 19.1 Å². The molecule has 0 aromatic heterocycles. The molecule has 0 aliphatic rings. The molecule has 120 valence electrons. The van der Waals surface area contributed by atoms with Crippen LogP contribution in [0.1, 0.15) is 47.1 Å². The molecule has 0 unspecified atom stereocenters. The van der Waals surface area contributed by atoms with Crippen LogP contribution in [0.15, 0.2) is 18.2 Å². The first kappa shape index (κ1) is 18.3. The molecule has 1 rings (SSSR count). The highest BCUT2D eigenvalue weighted by atomic mass is 35.5. The maximum absolute atomic E-state index is 6.46. The lowest BCUT2D eigenvalue weighted by Gasteiger charge is -2.31. The lowest BCUT2D eigenvalue weighted by molar-refractivity contribution is 0.552. The van der Waals surface area contributed by atoms with E-state index in [-0.39, 0.29) is 0 Å². The molecule has 0 atom stereocenters. The van der Waals surface area contributed by atoms with Crippen molar-refractivity contribution in [3.8, 4) is 0 Å². The van der Waals surface area contributed by atoms with Crippen LogP contribution >= 0.6 is 11.6 Å². The topological polar surface area (TPSA) is 15.3 Å². The second-order valence-electron chi connectivity index (χ2n) is 6.94. The Morgan fingerprint density at radius 3 is 2.19 bits per heavy atom. The van der Waals surface area contributed by atoms with E-state index in [4.69, 9.17) is 11.6 Å². The average Bonchev–Trinajstić information content (AvgIpc) is 2.37. The van der Waals surface area contributed by atoms with Crippen LogP contribution in [0.5, 0.6) is 0 Å². The lowest BCUT2D eigenvalue weighted by atomic mass is 10.1. The minimum atomic E-state index is 0.480. The Balaban J connectivity index is 2.79. The number of anilines is 1. The Bertz CT molecular complexity index is 427. The largest absolute Gasteiger partial charge is 0.369 e. The standard InChI is InChI=1S/C18H31ClN2/c1-13(2)10-20-11-16-7-8-17(9-18(16)19)21(15(5)6)12-14(3)4/h7-9,13-15,20H,10-12H2,1-6H3. The van der Waals surface area contributed by atoms with Gasteiger partial charge in [0.05, 0.1) is 0 Å². The molecule has 2 nitrogen and oxygen atoms in total. The molecule has 0 radical (unpaired) electrons. The SMILES string of the molecule is CC(C)CNCc1ccc(N(CC(C)C)C(C)C)cc1Cl. The molecule has 0 bridgehead atoms. The van der Waals surface area contributed by atoms with Crippen molar-refractivity contribution in [1.29, 1.82) is 0 Å². The van der Waals surface area contributed by atoms with E-state index in [1.807, 2.05) is 0 Å². The number of hydrogen-bond acceptors (Lipinski definition) is 2. The van der Waals surface area contributed by atoms with Crippen molar-refractivity contribution in [2.75, 3.05) is 18.0 Å². The summed E-state index contributed by atoms with van der Waals surface area (Å²) >= 11 is 6.46. The van der Waals surface area contributed by atoms with Gasteiger partial charge in [-0.1, -0.05) is 45.4 Å². The van der Waals surface area contributed by atoms with Crippen LogP contribution in [0.3, 0.4) is 0 Å². The summed E-state index contributed by atoms with van der Waals surface area (Å²) in [6.07, 6.45) is 0. The number of hydrogen-bond donors (Lipinski definition) is 1. The van der Waals surface area contributed by atoms with E-state index < -0.39 is 0 Å². The Hall–Kier alpha value is -0.730. The number of rotatable bonds is 8. The third-order valence-corrected chi connectivity index (χ3v) is 3.77. The van der Waals surface area contributed by atoms with Crippen molar-refractivity contribution in [1.82, 2.24) is 5.32 Å². The molecule has 0 spiro atoms. The van der Waals surface area contributed by atoms with Gasteiger partial charge < -0.3 is 10.2 Å². The first-order chi connectivity index (χ1) is 9.81. The first-order valence-electron chi connectivity index (χ1n) is 8.07. The fraction of sp³-hybridized carbons (Fsp3) is 0.667. The molecule has 0 amide bonds. The van der Waals surface area contributed by atoms with Gasteiger partial charge in [-0.15, -0.1) is 0 Å². The predicted octanol–water partition coefficient (Wildman–Crippen LogP) is 4.96. The summed E-state index contributed by atoms with van der Waals surface area (Å²) in [5, 5.41) is 4.31. The fourth-order valence-electron chi connectivity index (χ4n) is 2.36. The number of benzene rings is 1. The Morgan fingerprint density at radius 1 is 1.05 bits per heavy atom. The summed E-state index contributed by atoms with van der Waals surface area (Å²) in [5.41, 5.74) is 2.39. The molecule has 21 heavy (non-hydrogen) atoms. The highest BCUT2D eigenvalue weighted by molar-refractivity contribution is 6.31. The average molecular weight is 311 g/mol. The lowest BCUT2D eigenvalue weighted by Crippen LogP contribution is -2.34. The fourth-order valence-corrected chi connectivity index (χ4v) is 2.60. The van der Waals surface area contributed by atoms with Crippen LogP contribution in [-0.2, 0) is 6.54 Å². The van der Waals surface area contributed by atoms with Gasteiger partial charge in [-0.25, -0.2) is 0 Å². The molecule has 0 saturated carbocycles. The van der Waals surface area contributed by atoms with Crippen molar-refractivity contribution < 1.29 is 0 Å². The van der Waals surface area contributed by atoms with Crippen LogP contribution in [0, 0.1) is 11.8 Å². The summed E-state index contributed by atoms with van der Waals surface area (Å²) < 4.78 is 0. The third kappa shape index (κ3) is 6.27. The molecule has 0 saturated heterocycles. The molecule has 0 aliphatic heterocycles. The van der Waals surface area contributed by atoms with Gasteiger partial charge in [0, 0.05) is 29.8 Å². The third-order valence-electron chi connectivity index (χ3n) is 3.42. The zero-order chi connectivity index (χ0) is 16.0. The number of nitrogens with zero attached hydrogens (tertiary/aromatic N) is 1. The van der Waals surface area contributed by atoms with Crippen LogP contribution < -0.4 is 10.2 Å². The summed E-state index contributed by atoms with van der Waals surface area (Å²) in [4.78, 5) is 2.42. The first-order valence-corrected chi connectivity index (χ1v) is 8.44. The van der Waals surface area contributed by atoms with Crippen molar-refractivity contribution in [3.63, 3.8) is 0 Å². The van der Waals surface area contributed by atoms with Gasteiger partial charge in [0.2, 0.25) is 0 Å². The van der Waals surface area contributed by atoms with Crippen molar-refractivity contribution in [2.24, 2.45) is 11.8 Å². The quantitative estimate of drug-likeness (QED) is 0.730. The minimum absolute atomic E-state index is 0.480. The summed E-state index contributed by atoms with van der Waals surface area (Å²) in [6.45, 7) is 16.3. The zero-order valence-electron chi connectivity index (χ0n) is 14.4. The maximum Gasteiger partial charge on any atom is 0.0471 e. The maximum atomic E-state index is 6.46. The Kier molecular flexibility index (Phi) is 7.55. The van der Waals surface area contributed by atoms with Gasteiger partial charge in [0.1, 0.15) is 0 Å². The van der Waals surface area contributed by atoms with Gasteiger partial charge in [-0.2, -0.15) is 0 Å². The molecule has 0 aliphatic carbocycles. The highest BCUT2D eigenvalue weighted by Crippen LogP contribution is 2.26. The van der Waals surface area contributed by atoms with E-state index >= 15 is 0 Å². The molecular weight excluding hydrogens is 280 g/mol. The van der Waals surface area contributed by atoms with Gasteiger partial charge in [0.15, 0.2) is 0 Å². The van der Waals surface area contributed by atoms with Crippen LogP contribution in [0.25, 0.3) is 0 Å². The molecular formula is C18H31ClN2. The van der Waals surface area contributed by atoms with E-state index in [9.17, 15) is 0 Å². The second-order valence-corrected chi connectivity index (χ2v) is 7.35. The molecule has 1 aromatic rings. The van der Waals surface area contributed by atoms with Gasteiger partial charge >= 0.3 is 0 Å². The summed E-state index contributed by atoms with van der Waals surface area (Å²) in [5.74, 6) is 1.30. The smallest absolute Gasteiger partial charge is 0.0471 e. The summed E-state index contributed by atoms with van der Waals surface area (Å²) in [7, 11) is 0. The normalized spacial score (nSPS) is 11.7. The molecule has 0 fully saturated rings. The monoisotopic (exact) mass is 310 g/mol. The van der Waals surface area contributed by atoms with Crippen molar-refractivity contribution in [2.45, 2.75) is 54.1 Å². The minimum Gasteiger partial charge on any atom is -0.369 e. The van der Waals surface area contributed by atoms with Crippen LogP contribution in [0.2, 0.25) is 5.02 Å². The zero-order valence-corrected chi connectivity index (χ0v) is 15.2. The van der Waals surface area contributed by atoms with Crippen LogP contribution in [0.4, 0.5) is 5.69 Å². The Labute approximate surface area is 135 Å². The van der Waals surface area contributed by atoms with E-state index in [1.165, 1.54) is 11.3 Å². The molecule has 3 heteroatoms. The Morgan fingerprint density at radius 2 is 1.71 bits per heavy atom. The van der Waals surface area contributed by atoms with E-state index in [0.29, 0.717) is 17.9 Å². The highest BCUT2D eigenvalue weighted by Gasteiger charge is 2.13. The van der Waals surface area contributed by atoms with Gasteiger partial charge in [0.25, 0.3) is 0 Å². The van der Waals surface area contributed by atoms with Crippen molar-refractivity contribution >= 4 is 17.3 Å². The molecule has 0 heterocycles. The predicted molar refractivity (Wildman–Crippen MR) is 95.3 cm³/mol. The number of halogens is 1. The second kappa shape index (κ2) is 8.65. The molecule has 1 N–H and O–H groups in total. The van der Waals surface area contributed by atoms with Gasteiger partial charge in [-0.05, 0) is 49.9 Å². The van der Waals surface area contributed by atoms with Gasteiger partial charge in [-0.3, -0.25) is 0 Å². The van der Waals surface area contributed by atoms with E-state index in [1.54, 1.807) is 0 Å². The number of nitrogens with one attached hydrogen (secondary N) is 1.